The molecule has 0 bridgehead atoms. The summed E-state index contributed by atoms with van der Waals surface area (Å²) < 4.78 is 0. The molecule has 0 spiro atoms. The van der Waals surface area contributed by atoms with Gasteiger partial charge in [0.2, 0.25) is 0 Å². The molecule has 2 N–H and O–H groups in total. The fourth-order valence-electron chi connectivity index (χ4n) is 2.31. The SMILES string of the molecule is CN(Cc1cccs1)c1cc(CN)c2ccccc2n1. The maximum absolute atomic E-state index is 5.88. The molecule has 20 heavy (non-hydrogen) atoms. The highest BCUT2D eigenvalue weighted by Crippen LogP contribution is 2.23. The van der Waals surface area contributed by atoms with Crippen molar-refractivity contribution in [1.82, 2.24) is 4.98 Å². The average Bonchev–Trinajstić information content (AvgIpc) is 2.99. The summed E-state index contributed by atoms with van der Waals surface area (Å²) in [6.45, 7) is 1.40. The number of thiophene rings is 1. The Bertz CT molecular complexity index is 707. The third kappa shape index (κ3) is 2.53. The van der Waals surface area contributed by atoms with Crippen LogP contribution < -0.4 is 10.6 Å². The highest BCUT2D eigenvalue weighted by Gasteiger charge is 2.09. The zero-order valence-corrected chi connectivity index (χ0v) is 12.2. The summed E-state index contributed by atoms with van der Waals surface area (Å²) in [6, 6.07) is 14.5. The van der Waals surface area contributed by atoms with Crippen molar-refractivity contribution in [2.24, 2.45) is 5.73 Å². The molecule has 0 atom stereocenters. The van der Waals surface area contributed by atoms with E-state index in [4.69, 9.17) is 10.7 Å². The number of nitrogens with two attached hydrogens (primary N) is 1. The van der Waals surface area contributed by atoms with E-state index in [0.29, 0.717) is 6.54 Å². The van der Waals surface area contributed by atoms with Crippen molar-refractivity contribution in [2.75, 3.05) is 11.9 Å². The molecule has 0 aliphatic rings. The number of benzene rings is 1. The van der Waals surface area contributed by atoms with Gasteiger partial charge in [0.25, 0.3) is 0 Å². The highest BCUT2D eigenvalue weighted by molar-refractivity contribution is 7.09. The van der Waals surface area contributed by atoms with Gasteiger partial charge in [0, 0.05) is 23.9 Å². The Morgan fingerprint density at radius 3 is 2.80 bits per heavy atom. The number of rotatable bonds is 4. The van der Waals surface area contributed by atoms with Crippen LogP contribution in [0.2, 0.25) is 0 Å². The number of aromatic nitrogens is 1. The average molecular weight is 283 g/mol. The first-order chi connectivity index (χ1) is 9.78. The van der Waals surface area contributed by atoms with Crippen LogP contribution in [0.5, 0.6) is 0 Å². The minimum Gasteiger partial charge on any atom is -0.355 e. The molecule has 0 aliphatic carbocycles. The number of nitrogens with zero attached hydrogens (tertiary/aromatic N) is 2. The van der Waals surface area contributed by atoms with Crippen molar-refractivity contribution in [1.29, 1.82) is 0 Å². The van der Waals surface area contributed by atoms with Gasteiger partial charge in [-0.15, -0.1) is 11.3 Å². The lowest BCUT2D eigenvalue weighted by atomic mass is 10.1. The first-order valence-corrected chi connectivity index (χ1v) is 7.48. The van der Waals surface area contributed by atoms with Crippen LogP contribution in [0.1, 0.15) is 10.4 Å². The third-order valence-electron chi connectivity index (χ3n) is 3.37. The van der Waals surface area contributed by atoms with Gasteiger partial charge < -0.3 is 10.6 Å². The molecule has 0 fully saturated rings. The molecule has 0 amide bonds. The molecule has 1 aromatic carbocycles. The maximum atomic E-state index is 5.88. The van der Waals surface area contributed by atoms with Gasteiger partial charge >= 0.3 is 0 Å². The summed E-state index contributed by atoms with van der Waals surface area (Å²) in [5.41, 5.74) is 8.02. The van der Waals surface area contributed by atoms with Gasteiger partial charge in [-0.1, -0.05) is 24.3 Å². The Hall–Kier alpha value is -1.91. The van der Waals surface area contributed by atoms with Gasteiger partial charge in [-0.05, 0) is 29.1 Å². The second-order valence-corrected chi connectivity index (χ2v) is 5.83. The molecule has 2 aromatic heterocycles. The van der Waals surface area contributed by atoms with Crippen LogP contribution in [-0.2, 0) is 13.1 Å². The molecule has 102 valence electrons. The number of pyridine rings is 1. The van der Waals surface area contributed by atoms with Crippen molar-refractivity contribution in [3.05, 3.63) is 58.3 Å². The molecule has 0 saturated heterocycles. The number of hydrogen-bond acceptors (Lipinski definition) is 4. The highest BCUT2D eigenvalue weighted by atomic mass is 32.1. The van der Waals surface area contributed by atoms with E-state index in [2.05, 4.69) is 41.6 Å². The second kappa shape index (κ2) is 5.61. The van der Waals surface area contributed by atoms with E-state index in [1.807, 2.05) is 18.2 Å². The number of hydrogen-bond donors (Lipinski definition) is 1. The fourth-order valence-corrected chi connectivity index (χ4v) is 3.07. The van der Waals surface area contributed by atoms with Gasteiger partial charge in [-0.3, -0.25) is 0 Å². The molecular formula is C16H17N3S. The summed E-state index contributed by atoms with van der Waals surface area (Å²) in [4.78, 5) is 8.23. The molecule has 2 heterocycles. The normalized spacial score (nSPS) is 10.9. The Morgan fingerprint density at radius 1 is 1.20 bits per heavy atom. The zero-order chi connectivity index (χ0) is 13.9. The summed E-state index contributed by atoms with van der Waals surface area (Å²) in [7, 11) is 2.07. The van der Waals surface area contributed by atoms with Crippen LogP contribution in [-0.4, -0.2) is 12.0 Å². The topological polar surface area (TPSA) is 42.1 Å². The Balaban J connectivity index is 1.98. The van der Waals surface area contributed by atoms with Crippen LogP contribution in [0.4, 0.5) is 5.82 Å². The van der Waals surface area contributed by atoms with Crippen LogP contribution in [0, 0.1) is 0 Å². The number of anilines is 1. The van der Waals surface area contributed by atoms with Crippen LogP contribution in [0.25, 0.3) is 10.9 Å². The van der Waals surface area contributed by atoms with Crippen molar-refractivity contribution in [3.63, 3.8) is 0 Å². The van der Waals surface area contributed by atoms with Crippen molar-refractivity contribution in [3.8, 4) is 0 Å². The predicted octanol–water partition coefficient (Wildman–Crippen LogP) is 3.39. The molecule has 0 aliphatic heterocycles. The van der Waals surface area contributed by atoms with Gasteiger partial charge in [0.1, 0.15) is 5.82 Å². The lowest BCUT2D eigenvalue weighted by Crippen LogP contribution is -2.17. The quantitative estimate of drug-likeness (QED) is 0.798. The monoisotopic (exact) mass is 283 g/mol. The van der Waals surface area contributed by atoms with E-state index in [0.717, 1.165) is 28.8 Å². The van der Waals surface area contributed by atoms with Crippen LogP contribution >= 0.6 is 11.3 Å². The molecular weight excluding hydrogens is 266 g/mol. The zero-order valence-electron chi connectivity index (χ0n) is 11.4. The van der Waals surface area contributed by atoms with Crippen molar-refractivity contribution >= 4 is 28.1 Å². The van der Waals surface area contributed by atoms with Gasteiger partial charge in [0.05, 0.1) is 12.1 Å². The number of fused-ring (bicyclic) bond motifs is 1. The minimum atomic E-state index is 0.531. The van der Waals surface area contributed by atoms with Crippen LogP contribution in [0.3, 0.4) is 0 Å². The standard InChI is InChI=1S/C16H17N3S/c1-19(11-13-5-4-8-20-13)16-9-12(10-17)14-6-2-3-7-15(14)18-16/h2-9H,10-11,17H2,1H3. The molecule has 0 radical (unpaired) electrons. The van der Waals surface area contributed by atoms with Gasteiger partial charge in [-0.25, -0.2) is 4.98 Å². The Labute approximate surface area is 122 Å². The van der Waals surface area contributed by atoms with E-state index < -0.39 is 0 Å². The molecule has 4 heteroatoms. The van der Waals surface area contributed by atoms with E-state index in [-0.39, 0.29) is 0 Å². The predicted molar refractivity (Wildman–Crippen MR) is 86.1 cm³/mol. The Kier molecular flexibility index (Phi) is 3.67. The summed E-state index contributed by atoms with van der Waals surface area (Å²) in [5, 5.41) is 3.24. The lowest BCUT2D eigenvalue weighted by molar-refractivity contribution is 0.913. The summed E-state index contributed by atoms with van der Waals surface area (Å²) >= 11 is 1.77. The molecule has 0 unspecified atom stereocenters. The minimum absolute atomic E-state index is 0.531. The van der Waals surface area contributed by atoms with Crippen LogP contribution in [0.15, 0.2) is 47.8 Å². The summed E-state index contributed by atoms with van der Waals surface area (Å²) in [5.74, 6) is 0.970. The Morgan fingerprint density at radius 2 is 2.05 bits per heavy atom. The molecule has 0 saturated carbocycles. The molecule has 3 rings (SSSR count). The maximum Gasteiger partial charge on any atom is 0.129 e. The first-order valence-electron chi connectivity index (χ1n) is 6.60. The van der Waals surface area contributed by atoms with Gasteiger partial charge in [0.15, 0.2) is 0 Å². The van der Waals surface area contributed by atoms with E-state index in [9.17, 15) is 0 Å². The van der Waals surface area contributed by atoms with E-state index in [1.54, 1.807) is 11.3 Å². The largest absolute Gasteiger partial charge is 0.355 e. The smallest absolute Gasteiger partial charge is 0.129 e. The lowest BCUT2D eigenvalue weighted by Gasteiger charge is -2.19. The van der Waals surface area contributed by atoms with Gasteiger partial charge in [-0.2, -0.15) is 0 Å². The number of para-hydroxylation sites is 1. The van der Waals surface area contributed by atoms with E-state index >= 15 is 0 Å². The van der Waals surface area contributed by atoms with Crippen molar-refractivity contribution < 1.29 is 0 Å². The molecule has 3 aromatic rings. The summed E-state index contributed by atoms with van der Waals surface area (Å²) in [6.07, 6.45) is 0. The van der Waals surface area contributed by atoms with E-state index in [1.165, 1.54) is 4.88 Å². The third-order valence-corrected chi connectivity index (χ3v) is 4.23. The first kappa shape index (κ1) is 13.1. The second-order valence-electron chi connectivity index (χ2n) is 4.80. The van der Waals surface area contributed by atoms with Crippen molar-refractivity contribution in [2.45, 2.75) is 13.1 Å². The fraction of sp³-hybridized carbons (Fsp3) is 0.188. The molecule has 3 nitrogen and oxygen atoms in total.